The SMILES string of the molecule is CN(CCNC1CC1)Cc1csc(I)c1. The van der Waals surface area contributed by atoms with Gasteiger partial charge in [0.1, 0.15) is 0 Å². The molecule has 1 aliphatic rings. The van der Waals surface area contributed by atoms with E-state index in [4.69, 9.17) is 0 Å². The van der Waals surface area contributed by atoms with Crippen molar-refractivity contribution in [2.24, 2.45) is 0 Å². The molecular weight excluding hydrogens is 319 g/mol. The fourth-order valence-corrected chi connectivity index (χ4v) is 2.97. The quantitative estimate of drug-likeness (QED) is 0.803. The second kappa shape index (κ2) is 5.61. The molecule has 0 unspecified atom stereocenters. The predicted octanol–water partition coefficient (Wildman–Crippen LogP) is 2.54. The highest BCUT2D eigenvalue weighted by Crippen LogP contribution is 2.19. The van der Waals surface area contributed by atoms with Crippen molar-refractivity contribution >= 4 is 33.9 Å². The third kappa shape index (κ3) is 4.38. The van der Waals surface area contributed by atoms with Crippen molar-refractivity contribution in [3.8, 4) is 0 Å². The maximum atomic E-state index is 3.54. The van der Waals surface area contributed by atoms with Gasteiger partial charge in [0.2, 0.25) is 0 Å². The molecule has 1 fully saturated rings. The minimum Gasteiger partial charge on any atom is -0.313 e. The van der Waals surface area contributed by atoms with Gasteiger partial charge in [-0.15, -0.1) is 11.3 Å². The second-order valence-corrected chi connectivity index (χ2v) is 7.03. The normalized spacial score (nSPS) is 16.2. The summed E-state index contributed by atoms with van der Waals surface area (Å²) in [4.78, 5) is 2.38. The van der Waals surface area contributed by atoms with E-state index in [1.165, 1.54) is 21.3 Å². The average molecular weight is 336 g/mol. The fourth-order valence-electron chi connectivity index (χ4n) is 1.57. The largest absolute Gasteiger partial charge is 0.313 e. The van der Waals surface area contributed by atoms with Gasteiger partial charge in [-0.05, 0) is 59.5 Å². The van der Waals surface area contributed by atoms with E-state index in [-0.39, 0.29) is 0 Å². The van der Waals surface area contributed by atoms with Gasteiger partial charge in [0, 0.05) is 25.7 Å². The van der Waals surface area contributed by atoms with Crippen molar-refractivity contribution in [3.05, 3.63) is 19.9 Å². The van der Waals surface area contributed by atoms with Crippen LogP contribution in [0.2, 0.25) is 0 Å². The zero-order valence-corrected chi connectivity index (χ0v) is 12.0. The fraction of sp³-hybridized carbons (Fsp3) is 0.636. The first kappa shape index (κ1) is 11.8. The van der Waals surface area contributed by atoms with E-state index in [9.17, 15) is 0 Å². The van der Waals surface area contributed by atoms with E-state index in [0.717, 1.165) is 25.7 Å². The first-order valence-corrected chi connectivity index (χ1v) is 7.35. The van der Waals surface area contributed by atoms with Gasteiger partial charge in [-0.2, -0.15) is 0 Å². The Morgan fingerprint density at radius 1 is 1.60 bits per heavy atom. The summed E-state index contributed by atoms with van der Waals surface area (Å²) in [7, 11) is 2.19. The Kier molecular flexibility index (Phi) is 4.42. The summed E-state index contributed by atoms with van der Waals surface area (Å²) in [5.41, 5.74) is 1.44. The summed E-state index contributed by atoms with van der Waals surface area (Å²) in [5.74, 6) is 0. The van der Waals surface area contributed by atoms with Crippen molar-refractivity contribution in [2.75, 3.05) is 20.1 Å². The van der Waals surface area contributed by atoms with Crippen molar-refractivity contribution in [1.82, 2.24) is 10.2 Å². The van der Waals surface area contributed by atoms with Crippen molar-refractivity contribution in [1.29, 1.82) is 0 Å². The number of likely N-dealkylation sites (N-methyl/N-ethyl adjacent to an activating group) is 1. The molecule has 2 rings (SSSR count). The molecule has 1 aromatic rings. The molecule has 0 amide bonds. The minimum atomic E-state index is 0.834. The van der Waals surface area contributed by atoms with Crippen LogP contribution in [0.3, 0.4) is 0 Å². The topological polar surface area (TPSA) is 15.3 Å². The maximum Gasteiger partial charge on any atom is 0.0656 e. The monoisotopic (exact) mass is 336 g/mol. The van der Waals surface area contributed by atoms with Gasteiger partial charge in [0.15, 0.2) is 0 Å². The molecule has 0 aromatic carbocycles. The lowest BCUT2D eigenvalue weighted by Crippen LogP contribution is -2.29. The molecule has 0 radical (unpaired) electrons. The van der Waals surface area contributed by atoms with Crippen LogP contribution in [0, 0.1) is 2.88 Å². The van der Waals surface area contributed by atoms with Gasteiger partial charge in [-0.3, -0.25) is 0 Å². The predicted molar refractivity (Wildman–Crippen MR) is 74.4 cm³/mol. The van der Waals surface area contributed by atoms with Gasteiger partial charge in [0.05, 0.1) is 2.88 Å². The van der Waals surface area contributed by atoms with Crippen LogP contribution in [0.25, 0.3) is 0 Å². The Bertz CT molecular complexity index is 309. The smallest absolute Gasteiger partial charge is 0.0656 e. The molecule has 0 atom stereocenters. The Labute approximate surface area is 109 Å². The third-order valence-corrected chi connectivity index (χ3v) is 4.42. The molecule has 1 N–H and O–H groups in total. The number of halogens is 1. The summed E-state index contributed by atoms with van der Waals surface area (Å²) in [6.45, 7) is 3.34. The van der Waals surface area contributed by atoms with Crippen molar-refractivity contribution in [2.45, 2.75) is 25.4 Å². The summed E-state index contributed by atoms with van der Waals surface area (Å²) < 4.78 is 1.38. The van der Waals surface area contributed by atoms with Crippen LogP contribution >= 0.6 is 33.9 Å². The lowest BCUT2D eigenvalue weighted by atomic mass is 10.3. The van der Waals surface area contributed by atoms with Crippen molar-refractivity contribution in [3.63, 3.8) is 0 Å². The molecule has 1 aromatic heterocycles. The van der Waals surface area contributed by atoms with E-state index in [1.807, 2.05) is 11.3 Å². The highest BCUT2D eigenvalue weighted by molar-refractivity contribution is 14.1. The first-order chi connectivity index (χ1) is 7.24. The molecule has 15 heavy (non-hydrogen) atoms. The Morgan fingerprint density at radius 2 is 2.40 bits per heavy atom. The molecule has 1 aliphatic carbocycles. The number of hydrogen-bond acceptors (Lipinski definition) is 3. The number of hydrogen-bond donors (Lipinski definition) is 1. The molecule has 1 heterocycles. The Balaban J connectivity index is 1.64. The van der Waals surface area contributed by atoms with Crippen LogP contribution in [-0.4, -0.2) is 31.1 Å². The molecule has 1 saturated carbocycles. The number of nitrogens with zero attached hydrogens (tertiary/aromatic N) is 1. The van der Waals surface area contributed by atoms with E-state index >= 15 is 0 Å². The molecule has 84 valence electrons. The van der Waals surface area contributed by atoms with E-state index < -0.39 is 0 Å². The molecule has 0 spiro atoms. The molecule has 4 heteroatoms. The number of nitrogens with one attached hydrogen (secondary N) is 1. The highest BCUT2D eigenvalue weighted by Gasteiger charge is 2.19. The van der Waals surface area contributed by atoms with Crippen LogP contribution in [0.15, 0.2) is 11.4 Å². The Hall–Kier alpha value is 0.350. The van der Waals surface area contributed by atoms with E-state index in [0.29, 0.717) is 0 Å². The van der Waals surface area contributed by atoms with Crippen LogP contribution in [0.1, 0.15) is 18.4 Å². The molecule has 0 saturated heterocycles. The van der Waals surface area contributed by atoms with E-state index in [1.54, 1.807) is 0 Å². The molecule has 0 bridgehead atoms. The number of thiophene rings is 1. The van der Waals surface area contributed by atoms with Crippen molar-refractivity contribution < 1.29 is 0 Å². The van der Waals surface area contributed by atoms with Gasteiger partial charge in [-0.1, -0.05) is 0 Å². The summed E-state index contributed by atoms with van der Waals surface area (Å²) in [6.07, 6.45) is 2.76. The minimum absolute atomic E-state index is 0.834. The van der Waals surface area contributed by atoms with Gasteiger partial charge in [0.25, 0.3) is 0 Å². The third-order valence-electron chi connectivity index (χ3n) is 2.58. The second-order valence-electron chi connectivity index (χ2n) is 4.23. The summed E-state index contributed by atoms with van der Waals surface area (Å²) >= 11 is 4.21. The maximum absolute atomic E-state index is 3.54. The van der Waals surface area contributed by atoms with Crippen LogP contribution in [0.4, 0.5) is 0 Å². The molecule has 2 nitrogen and oxygen atoms in total. The van der Waals surface area contributed by atoms with Gasteiger partial charge < -0.3 is 10.2 Å². The zero-order chi connectivity index (χ0) is 10.7. The summed E-state index contributed by atoms with van der Waals surface area (Å²) in [5, 5.41) is 5.79. The number of rotatable bonds is 6. The first-order valence-electron chi connectivity index (χ1n) is 5.39. The standard InChI is InChI=1S/C11H17IN2S/c1-14(5-4-13-10-2-3-10)7-9-6-11(12)15-8-9/h6,8,10,13H,2-5,7H2,1H3. The highest BCUT2D eigenvalue weighted by atomic mass is 127. The average Bonchev–Trinajstić information content (AvgIpc) is 2.91. The van der Waals surface area contributed by atoms with E-state index in [2.05, 4.69) is 51.3 Å². The Morgan fingerprint density at radius 3 is 3.00 bits per heavy atom. The van der Waals surface area contributed by atoms with Gasteiger partial charge in [-0.25, -0.2) is 0 Å². The molecule has 0 aliphatic heterocycles. The van der Waals surface area contributed by atoms with Crippen LogP contribution < -0.4 is 5.32 Å². The lowest BCUT2D eigenvalue weighted by Gasteiger charge is -2.15. The molecular formula is C11H17IN2S. The zero-order valence-electron chi connectivity index (χ0n) is 9.00. The van der Waals surface area contributed by atoms with Gasteiger partial charge >= 0.3 is 0 Å². The van der Waals surface area contributed by atoms with Crippen LogP contribution in [0.5, 0.6) is 0 Å². The van der Waals surface area contributed by atoms with Crippen LogP contribution in [-0.2, 0) is 6.54 Å². The lowest BCUT2D eigenvalue weighted by molar-refractivity contribution is 0.324. The summed E-state index contributed by atoms with van der Waals surface area (Å²) in [6, 6.07) is 3.11.